The SMILES string of the molecule is CC(C)c1ccc(C2NC=CN2)nc1F. The number of rotatable bonds is 2. The minimum atomic E-state index is -0.377. The predicted molar refractivity (Wildman–Crippen MR) is 56.4 cm³/mol. The molecule has 1 aromatic rings. The minimum absolute atomic E-state index is 0.110. The van der Waals surface area contributed by atoms with Crippen LogP contribution >= 0.6 is 0 Å². The van der Waals surface area contributed by atoms with Crippen molar-refractivity contribution in [1.82, 2.24) is 15.6 Å². The molecule has 0 unspecified atom stereocenters. The smallest absolute Gasteiger partial charge is 0.216 e. The fourth-order valence-corrected chi connectivity index (χ4v) is 1.56. The first-order valence-corrected chi connectivity index (χ1v) is 5.02. The van der Waals surface area contributed by atoms with E-state index in [2.05, 4.69) is 15.6 Å². The number of pyridine rings is 1. The van der Waals surface area contributed by atoms with Crippen LogP contribution in [-0.2, 0) is 0 Å². The van der Waals surface area contributed by atoms with Crippen molar-refractivity contribution < 1.29 is 4.39 Å². The Morgan fingerprint density at radius 3 is 2.47 bits per heavy atom. The van der Waals surface area contributed by atoms with Crippen LogP contribution in [0.15, 0.2) is 24.5 Å². The first-order valence-electron chi connectivity index (χ1n) is 5.02. The van der Waals surface area contributed by atoms with E-state index in [4.69, 9.17) is 0 Å². The summed E-state index contributed by atoms with van der Waals surface area (Å²) in [5, 5.41) is 6.06. The molecule has 4 heteroatoms. The molecule has 0 saturated heterocycles. The molecule has 2 heterocycles. The van der Waals surface area contributed by atoms with Crippen molar-refractivity contribution in [3.63, 3.8) is 0 Å². The molecule has 0 amide bonds. The number of hydrogen-bond acceptors (Lipinski definition) is 3. The highest BCUT2D eigenvalue weighted by molar-refractivity contribution is 5.21. The molecule has 1 aliphatic heterocycles. The minimum Gasteiger partial charge on any atom is -0.365 e. The maximum atomic E-state index is 13.6. The molecule has 0 fully saturated rings. The maximum Gasteiger partial charge on any atom is 0.216 e. The van der Waals surface area contributed by atoms with Gasteiger partial charge in [0.1, 0.15) is 6.17 Å². The van der Waals surface area contributed by atoms with E-state index in [9.17, 15) is 4.39 Å². The Labute approximate surface area is 88.4 Å². The zero-order chi connectivity index (χ0) is 10.8. The second kappa shape index (κ2) is 3.88. The maximum absolute atomic E-state index is 13.6. The highest BCUT2D eigenvalue weighted by atomic mass is 19.1. The van der Waals surface area contributed by atoms with Crippen molar-refractivity contribution in [2.24, 2.45) is 0 Å². The van der Waals surface area contributed by atoms with Gasteiger partial charge in [0.25, 0.3) is 0 Å². The van der Waals surface area contributed by atoms with Crippen molar-refractivity contribution >= 4 is 0 Å². The predicted octanol–water partition coefficient (Wildman–Crippen LogP) is 2.01. The molecular weight excluding hydrogens is 193 g/mol. The number of aromatic nitrogens is 1. The van der Waals surface area contributed by atoms with Gasteiger partial charge in [0.2, 0.25) is 5.95 Å². The van der Waals surface area contributed by atoms with Crippen LogP contribution < -0.4 is 10.6 Å². The molecule has 80 valence electrons. The standard InChI is InChI=1S/C11H14FN3/c1-7(2)8-3-4-9(15-10(8)12)11-13-5-6-14-11/h3-7,11,13-14H,1-2H3. The lowest BCUT2D eigenvalue weighted by atomic mass is 10.0. The quantitative estimate of drug-likeness (QED) is 0.728. The van der Waals surface area contributed by atoms with Gasteiger partial charge < -0.3 is 10.6 Å². The number of nitrogens with one attached hydrogen (secondary N) is 2. The van der Waals surface area contributed by atoms with Gasteiger partial charge in [-0.2, -0.15) is 4.39 Å². The van der Waals surface area contributed by atoms with E-state index in [1.165, 1.54) is 0 Å². The van der Waals surface area contributed by atoms with E-state index in [1.807, 2.05) is 19.9 Å². The second-order valence-electron chi connectivity index (χ2n) is 3.87. The van der Waals surface area contributed by atoms with Crippen molar-refractivity contribution in [3.8, 4) is 0 Å². The number of nitrogens with zero attached hydrogens (tertiary/aromatic N) is 1. The fourth-order valence-electron chi connectivity index (χ4n) is 1.56. The molecule has 2 N–H and O–H groups in total. The Kier molecular flexibility index (Phi) is 2.58. The van der Waals surface area contributed by atoms with Crippen molar-refractivity contribution in [2.45, 2.75) is 25.9 Å². The molecule has 3 nitrogen and oxygen atoms in total. The van der Waals surface area contributed by atoms with Crippen LogP contribution in [0.25, 0.3) is 0 Å². The highest BCUT2D eigenvalue weighted by Crippen LogP contribution is 2.19. The Morgan fingerprint density at radius 1 is 1.27 bits per heavy atom. The summed E-state index contributed by atoms with van der Waals surface area (Å²) in [5.41, 5.74) is 1.33. The molecular formula is C11H14FN3. The summed E-state index contributed by atoms with van der Waals surface area (Å²) >= 11 is 0. The van der Waals surface area contributed by atoms with Gasteiger partial charge in [-0.25, -0.2) is 4.98 Å². The van der Waals surface area contributed by atoms with Gasteiger partial charge in [0.05, 0.1) is 5.69 Å². The van der Waals surface area contributed by atoms with Crippen molar-refractivity contribution in [1.29, 1.82) is 0 Å². The van der Waals surface area contributed by atoms with E-state index >= 15 is 0 Å². The summed E-state index contributed by atoms with van der Waals surface area (Å²) < 4.78 is 13.6. The molecule has 1 aromatic heterocycles. The molecule has 0 atom stereocenters. The van der Waals surface area contributed by atoms with E-state index in [1.54, 1.807) is 18.5 Å². The molecule has 0 aromatic carbocycles. The summed E-state index contributed by atoms with van der Waals surface area (Å²) in [6.07, 6.45) is 3.45. The molecule has 0 saturated carbocycles. The third kappa shape index (κ3) is 1.93. The lowest BCUT2D eigenvalue weighted by molar-refractivity contribution is 0.522. The van der Waals surface area contributed by atoms with Gasteiger partial charge in [-0.3, -0.25) is 0 Å². The Hall–Kier alpha value is -1.58. The molecule has 2 rings (SSSR count). The van der Waals surface area contributed by atoms with Gasteiger partial charge >= 0.3 is 0 Å². The first kappa shape index (κ1) is 9.96. The third-order valence-corrected chi connectivity index (χ3v) is 2.43. The van der Waals surface area contributed by atoms with Gasteiger partial charge in [-0.05, 0) is 12.0 Å². The van der Waals surface area contributed by atoms with E-state index in [0.29, 0.717) is 11.3 Å². The van der Waals surface area contributed by atoms with Gasteiger partial charge in [-0.15, -0.1) is 0 Å². The summed E-state index contributed by atoms with van der Waals surface area (Å²) in [6, 6.07) is 3.64. The molecule has 0 radical (unpaired) electrons. The summed E-state index contributed by atoms with van der Waals surface area (Å²) in [5.74, 6) is -0.216. The Balaban J connectivity index is 2.25. The highest BCUT2D eigenvalue weighted by Gasteiger charge is 2.15. The lowest BCUT2D eigenvalue weighted by Crippen LogP contribution is -2.22. The Morgan fingerprint density at radius 2 is 1.93 bits per heavy atom. The van der Waals surface area contributed by atoms with Crippen molar-refractivity contribution in [2.75, 3.05) is 0 Å². The molecule has 0 spiro atoms. The van der Waals surface area contributed by atoms with Gasteiger partial charge in [0, 0.05) is 18.0 Å². The summed E-state index contributed by atoms with van der Waals surface area (Å²) in [6.45, 7) is 3.90. The van der Waals surface area contributed by atoms with Gasteiger partial charge in [-0.1, -0.05) is 19.9 Å². The number of halogens is 1. The molecule has 0 aliphatic carbocycles. The van der Waals surface area contributed by atoms with Crippen LogP contribution in [-0.4, -0.2) is 4.98 Å². The first-order chi connectivity index (χ1) is 7.18. The normalized spacial score (nSPS) is 15.5. The fraction of sp³-hybridized carbons (Fsp3) is 0.364. The zero-order valence-corrected chi connectivity index (χ0v) is 8.79. The van der Waals surface area contributed by atoms with Crippen molar-refractivity contribution in [3.05, 3.63) is 41.7 Å². The second-order valence-corrected chi connectivity index (χ2v) is 3.87. The average Bonchev–Trinajstić information content (AvgIpc) is 2.69. The van der Waals surface area contributed by atoms with Crippen LogP contribution in [0.1, 0.15) is 37.2 Å². The van der Waals surface area contributed by atoms with E-state index in [0.717, 1.165) is 0 Å². The Bertz CT molecular complexity index is 379. The molecule has 1 aliphatic rings. The van der Waals surface area contributed by atoms with E-state index < -0.39 is 0 Å². The largest absolute Gasteiger partial charge is 0.365 e. The zero-order valence-electron chi connectivity index (χ0n) is 8.79. The van der Waals surface area contributed by atoms with Crippen LogP contribution in [0.3, 0.4) is 0 Å². The van der Waals surface area contributed by atoms with Crippen LogP contribution in [0.2, 0.25) is 0 Å². The summed E-state index contributed by atoms with van der Waals surface area (Å²) in [4.78, 5) is 3.94. The van der Waals surface area contributed by atoms with Gasteiger partial charge in [0.15, 0.2) is 0 Å². The topological polar surface area (TPSA) is 37.0 Å². The third-order valence-electron chi connectivity index (χ3n) is 2.43. The average molecular weight is 207 g/mol. The van der Waals surface area contributed by atoms with Crippen LogP contribution in [0.4, 0.5) is 4.39 Å². The van der Waals surface area contributed by atoms with Crippen LogP contribution in [0, 0.1) is 5.95 Å². The van der Waals surface area contributed by atoms with E-state index in [-0.39, 0.29) is 18.0 Å². The summed E-state index contributed by atoms with van der Waals surface area (Å²) in [7, 11) is 0. The van der Waals surface area contributed by atoms with Crippen LogP contribution in [0.5, 0.6) is 0 Å². The number of hydrogen-bond donors (Lipinski definition) is 2. The molecule has 0 bridgehead atoms. The lowest BCUT2D eigenvalue weighted by Gasteiger charge is -2.13. The monoisotopic (exact) mass is 207 g/mol. The molecule has 15 heavy (non-hydrogen) atoms.